The maximum absolute atomic E-state index is 11.6. The summed E-state index contributed by atoms with van der Waals surface area (Å²) in [6.07, 6.45) is 0.373. The summed E-state index contributed by atoms with van der Waals surface area (Å²) >= 11 is 0. The molecule has 0 fully saturated rings. The first-order chi connectivity index (χ1) is 9.08. The van der Waals surface area contributed by atoms with Gasteiger partial charge in [0, 0.05) is 18.8 Å². The van der Waals surface area contributed by atoms with Gasteiger partial charge in [0.1, 0.15) is 0 Å². The van der Waals surface area contributed by atoms with Crippen molar-refractivity contribution in [1.29, 1.82) is 0 Å². The zero-order chi connectivity index (χ0) is 14.1. The van der Waals surface area contributed by atoms with Gasteiger partial charge in [-0.05, 0) is 31.8 Å². The van der Waals surface area contributed by atoms with E-state index in [0.29, 0.717) is 31.9 Å². The molecule has 3 N–H and O–H groups in total. The highest BCUT2D eigenvalue weighted by Crippen LogP contribution is 2.05. The number of anilines is 1. The lowest BCUT2D eigenvalue weighted by atomic mass is 10.1. The highest BCUT2D eigenvalue weighted by molar-refractivity contribution is 5.78. The van der Waals surface area contributed by atoms with E-state index >= 15 is 0 Å². The number of hydrogen-bond donors (Lipinski definition) is 2. The molecule has 0 atom stereocenters. The summed E-state index contributed by atoms with van der Waals surface area (Å²) in [6.45, 7) is 2.66. The van der Waals surface area contributed by atoms with Crippen LogP contribution in [0.1, 0.15) is 5.56 Å². The van der Waals surface area contributed by atoms with Crippen molar-refractivity contribution in [3.05, 3.63) is 29.8 Å². The lowest BCUT2D eigenvalue weighted by Crippen LogP contribution is -2.29. The fourth-order valence-corrected chi connectivity index (χ4v) is 1.50. The molecule has 0 aliphatic rings. The van der Waals surface area contributed by atoms with Crippen LogP contribution in [0.15, 0.2) is 24.3 Å². The molecule has 106 valence electrons. The molecule has 1 aromatic carbocycles. The number of likely N-dealkylation sites (N-methyl/N-ethyl adjacent to an activating group) is 1. The first kappa shape index (κ1) is 15.5. The van der Waals surface area contributed by atoms with E-state index in [-0.39, 0.29) is 5.91 Å². The molecule has 0 bridgehead atoms. The van der Waals surface area contributed by atoms with E-state index in [4.69, 9.17) is 10.5 Å². The molecule has 1 rings (SSSR count). The van der Waals surface area contributed by atoms with Crippen LogP contribution in [0.3, 0.4) is 0 Å². The van der Waals surface area contributed by atoms with E-state index in [1.165, 1.54) is 0 Å². The van der Waals surface area contributed by atoms with Gasteiger partial charge in [-0.1, -0.05) is 12.1 Å². The van der Waals surface area contributed by atoms with E-state index in [9.17, 15) is 4.79 Å². The van der Waals surface area contributed by atoms with Crippen LogP contribution in [-0.2, 0) is 16.0 Å². The summed E-state index contributed by atoms with van der Waals surface area (Å²) in [4.78, 5) is 13.7. The normalized spacial score (nSPS) is 10.7. The summed E-state index contributed by atoms with van der Waals surface area (Å²) < 4.78 is 5.39. The van der Waals surface area contributed by atoms with Gasteiger partial charge in [-0.25, -0.2) is 0 Å². The summed E-state index contributed by atoms with van der Waals surface area (Å²) in [7, 11) is 4.00. The van der Waals surface area contributed by atoms with E-state index < -0.39 is 0 Å². The molecule has 0 aromatic heterocycles. The molecule has 0 radical (unpaired) electrons. The Kier molecular flexibility index (Phi) is 6.92. The molecular weight excluding hydrogens is 242 g/mol. The Labute approximate surface area is 114 Å². The van der Waals surface area contributed by atoms with Gasteiger partial charge in [0.15, 0.2) is 0 Å². The minimum Gasteiger partial charge on any atom is -0.399 e. The molecule has 5 heteroatoms. The van der Waals surface area contributed by atoms with Crippen molar-refractivity contribution < 1.29 is 9.53 Å². The Morgan fingerprint density at radius 1 is 1.26 bits per heavy atom. The fourth-order valence-electron chi connectivity index (χ4n) is 1.50. The van der Waals surface area contributed by atoms with Crippen LogP contribution < -0.4 is 11.1 Å². The standard InChI is InChI=1S/C14H23N3O2/c1-17(2)8-10-19-9-7-16-14(18)11-12-3-5-13(15)6-4-12/h3-6H,7-11,15H2,1-2H3,(H,16,18). The molecule has 1 amide bonds. The second-order valence-corrected chi connectivity index (χ2v) is 4.68. The van der Waals surface area contributed by atoms with Gasteiger partial charge in [0.05, 0.1) is 19.6 Å². The van der Waals surface area contributed by atoms with Crippen LogP contribution >= 0.6 is 0 Å². The lowest BCUT2D eigenvalue weighted by molar-refractivity contribution is -0.120. The highest BCUT2D eigenvalue weighted by atomic mass is 16.5. The summed E-state index contributed by atoms with van der Waals surface area (Å²) in [5.74, 6) is 0.000908. The number of carbonyl (C=O) groups is 1. The Hall–Kier alpha value is -1.59. The number of benzene rings is 1. The van der Waals surface area contributed by atoms with Gasteiger partial charge in [-0.2, -0.15) is 0 Å². The SMILES string of the molecule is CN(C)CCOCCNC(=O)Cc1ccc(N)cc1. The molecular formula is C14H23N3O2. The van der Waals surface area contributed by atoms with Crippen molar-refractivity contribution in [3.63, 3.8) is 0 Å². The summed E-state index contributed by atoms with van der Waals surface area (Å²) in [5.41, 5.74) is 7.25. The van der Waals surface area contributed by atoms with Crippen LogP contribution in [-0.4, -0.2) is 51.2 Å². The first-order valence-corrected chi connectivity index (χ1v) is 6.41. The largest absolute Gasteiger partial charge is 0.399 e. The lowest BCUT2D eigenvalue weighted by Gasteiger charge is -2.10. The Morgan fingerprint density at radius 3 is 2.58 bits per heavy atom. The number of nitrogens with zero attached hydrogens (tertiary/aromatic N) is 1. The maximum Gasteiger partial charge on any atom is 0.224 e. The third-order valence-electron chi connectivity index (χ3n) is 2.60. The van der Waals surface area contributed by atoms with Gasteiger partial charge < -0.3 is 20.7 Å². The molecule has 0 spiro atoms. The number of nitrogens with one attached hydrogen (secondary N) is 1. The molecule has 0 aliphatic carbocycles. The smallest absolute Gasteiger partial charge is 0.224 e. The molecule has 19 heavy (non-hydrogen) atoms. The molecule has 0 saturated heterocycles. The maximum atomic E-state index is 11.6. The number of ether oxygens (including phenoxy) is 1. The predicted octanol–water partition coefficient (Wildman–Crippen LogP) is 0.506. The minimum atomic E-state index is 0.000908. The van der Waals surface area contributed by atoms with Crippen molar-refractivity contribution in [2.45, 2.75) is 6.42 Å². The van der Waals surface area contributed by atoms with Gasteiger partial charge >= 0.3 is 0 Å². The Balaban J connectivity index is 2.09. The van der Waals surface area contributed by atoms with E-state index in [1.54, 1.807) is 12.1 Å². The van der Waals surface area contributed by atoms with Crippen molar-refractivity contribution in [3.8, 4) is 0 Å². The second-order valence-electron chi connectivity index (χ2n) is 4.68. The quantitative estimate of drug-likeness (QED) is 0.531. The van der Waals surface area contributed by atoms with Crippen LogP contribution in [0.4, 0.5) is 5.69 Å². The highest BCUT2D eigenvalue weighted by Gasteiger charge is 2.02. The number of hydrogen-bond acceptors (Lipinski definition) is 4. The Bertz CT molecular complexity index is 377. The summed E-state index contributed by atoms with van der Waals surface area (Å²) in [6, 6.07) is 7.32. The van der Waals surface area contributed by atoms with Crippen molar-refractivity contribution in [2.75, 3.05) is 46.1 Å². The molecule has 5 nitrogen and oxygen atoms in total. The number of nitrogens with two attached hydrogens (primary N) is 1. The molecule has 0 saturated carbocycles. The third-order valence-corrected chi connectivity index (χ3v) is 2.60. The number of nitrogen functional groups attached to an aromatic ring is 1. The molecule has 0 unspecified atom stereocenters. The number of rotatable bonds is 8. The first-order valence-electron chi connectivity index (χ1n) is 6.41. The monoisotopic (exact) mass is 265 g/mol. The van der Waals surface area contributed by atoms with Crippen LogP contribution in [0, 0.1) is 0 Å². The number of carbonyl (C=O) groups excluding carboxylic acids is 1. The van der Waals surface area contributed by atoms with Crippen LogP contribution in [0.5, 0.6) is 0 Å². The predicted molar refractivity (Wildman–Crippen MR) is 76.9 cm³/mol. The fraction of sp³-hybridized carbons (Fsp3) is 0.500. The van der Waals surface area contributed by atoms with E-state index in [2.05, 4.69) is 10.2 Å². The zero-order valence-corrected chi connectivity index (χ0v) is 11.7. The number of amides is 1. The second kappa shape index (κ2) is 8.50. The molecule has 0 aliphatic heterocycles. The van der Waals surface area contributed by atoms with Gasteiger partial charge in [0.25, 0.3) is 0 Å². The summed E-state index contributed by atoms with van der Waals surface area (Å²) in [5, 5.41) is 2.83. The Morgan fingerprint density at radius 2 is 1.95 bits per heavy atom. The molecule has 1 aromatic rings. The van der Waals surface area contributed by atoms with Crippen molar-refractivity contribution in [2.24, 2.45) is 0 Å². The van der Waals surface area contributed by atoms with Gasteiger partial charge in [-0.3, -0.25) is 4.79 Å². The van der Waals surface area contributed by atoms with Crippen molar-refractivity contribution >= 4 is 11.6 Å². The average molecular weight is 265 g/mol. The van der Waals surface area contributed by atoms with E-state index in [1.807, 2.05) is 26.2 Å². The van der Waals surface area contributed by atoms with Gasteiger partial charge in [-0.15, -0.1) is 0 Å². The van der Waals surface area contributed by atoms with Gasteiger partial charge in [0.2, 0.25) is 5.91 Å². The average Bonchev–Trinajstić information content (AvgIpc) is 2.36. The zero-order valence-electron chi connectivity index (χ0n) is 11.7. The molecule has 0 heterocycles. The van der Waals surface area contributed by atoms with E-state index in [0.717, 1.165) is 12.1 Å². The van der Waals surface area contributed by atoms with Crippen molar-refractivity contribution in [1.82, 2.24) is 10.2 Å². The topological polar surface area (TPSA) is 67.6 Å². The minimum absolute atomic E-state index is 0.000908. The van der Waals surface area contributed by atoms with Crippen LogP contribution in [0.25, 0.3) is 0 Å². The van der Waals surface area contributed by atoms with Crippen LogP contribution in [0.2, 0.25) is 0 Å². The third kappa shape index (κ3) is 7.43.